The summed E-state index contributed by atoms with van der Waals surface area (Å²) in [6, 6.07) is 10.2. The van der Waals surface area contributed by atoms with Crippen molar-refractivity contribution < 1.29 is 14.3 Å². The summed E-state index contributed by atoms with van der Waals surface area (Å²) in [5.41, 5.74) is 7.16. The van der Waals surface area contributed by atoms with Gasteiger partial charge in [0.05, 0.1) is 11.9 Å². The highest BCUT2D eigenvalue weighted by molar-refractivity contribution is 8.00. The number of carbonyl (C=O) groups is 2. The molecule has 1 aromatic heterocycles. The molecule has 29 heavy (non-hydrogen) atoms. The highest BCUT2D eigenvalue weighted by Crippen LogP contribution is 2.24. The Hall–Kier alpha value is -2.81. The van der Waals surface area contributed by atoms with Crippen LogP contribution < -0.4 is 10.6 Å². The van der Waals surface area contributed by atoms with Gasteiger partial charge in [-0.25, -0.2) is 14.8 Å². The summed E-state index contributed by atoms with van der Waals surface area (Å²) in [5, 5.41) is 0.00504. The summed E-state index contributed by atoms with van der Waals surface area (Å²) in [7, 11) is 0. The first-order chi connectivity index (χ1) is 14.0. The van der Waals surface area contributed by atoms with Gasteiger partial charge >= 0.3 is 5.97 Å². The number of nitrogen functional groups attached to an aromatic ring is 1. The predicted molar refractivity (Wildman–Crippen MR) is 113 cm³/mol. The maximum Gasteiger partial charge on any atom is 0.343 e. The first-order valence-electron chi connectivity index (χ1n) is 9.54. The highest BCUT2D eigenvalue weighted by atomic mass is 32.2. The van der Waals surface area contributed by atoms with Gasteiger partial charge in [0.2, 0.25) is 5.91 Å². The lowest BCUT2D eigenvalue weighted by molar-refractivity contribution is -0.130. The molecule has 1 aliphatic heterocycles. The lowest BCUT2D eigenvalue weighted by Crippen LogP contribution is -2.50. The predicted octanol–water partition coefficient (Wildman–Crippen LogP) is 2.06. The van der Waals surface area contributed by atoms with E-state index in [0.29, 0.717) is 18.2 Å². The summed E-state index contributed by atoms with van der Waals surface area (Å²) < 4.78 is 4.92. The van der Waals surface area contributed by atoms with Gasteiger partial charge in [-0.1, -0.05) is 30.0 Å². The van der Waals surface area contributed by atoms with Crippen molar-refractivity contribution in [3.05, 3.63) is 42.1 Å². The minimum absolute atomic E-state index is 0.0411. The number of anilines is 2. The van der Waals surface area contributed by atoms with E-state index in [1.165, 1.54) is 23.6 Å². The Morgan fingerprint density at radius 1 is 1.21 bits per heavy atom. The second-order valence-corrected chi connectivity index (χ2v) is 7.89. The number of carbonyl (C=O) groups excluding carboxylic acids is 2. The van der Waals surface area contributed by atoms with Crippen molar-refractivity contribution in [2.45, 2.75) is 24.3 Å². The van der Waals surface area contributed by atoms with Gasteiger partial charge in [0, 0.05) is 38.1 Å². The van der Waals surface area contributed by atoms with Crippen LogP contribution in [0.15, 0.2) is 41.7 Å². The van der Waals surface area contributed by atoms with E-state index in [1.807, 2.05) is 30.0 Å². The van der Waals surface area contributed by atoms with Crippen LogP contribution in [0.3, 0.4) is 0 Å². The normalized spacial score (nSPS) is 15.1. The molecule has 2 aromatic rings. The molecule has 3 rings (SSSR count). The summed E-state index contributed by atoms with van der Waals surface area (Å²) in [6.07, 6.45) is 1.35. The number of benzene rings is 1. The molecule has 2 N–H and O–H groups in total. The Balaban J connectivity index is 1.56. The number of para-hydroxylation sites is 1. The van der Waals surface area contributed by atoms with Crippen LogP contribution in [0, 0.1) is 0 Å². The molecule has 9 heteroatoms. The third-order valence-corrected chi connectivity index (χ3v) is 5.60. The van der Waals surface area contributed by atoms with E-state index in [1.54, 1.807) is 6.92 Å². The van der Waals surface area contributed by atoms with Crippen molar-refractivity contribution in [1.29, 1.82) is 0 Å². The first kappa shape index (κ1) is 20.9. The number of amides is 1. The Morgan fingerprint density at radius 2 is 1.90 bits per heavy atom. The molecule has 0 unspecified atom stereocenters. The molecule has 0 spiro atoms. The van der Waals surface area contributed by atoms with Gasteiger partial charge in [-0.15, -0.1) is 0 Å². The van der Waals surface area contributed by atoms with Gasteiger partial charge in [-0.05, 0) is 26.0 Å². The van der Waals surface area contributed by atoms with E-state index >= 15 is 0 Å². The van der Waals surface area contributed by atoms with E-state index in [-0.39, 0.29) is 29.1 Å². The van der Waals surface area contributed by atoms with Crippen LogP contribution in [0.5, 0.6) is 0 Å². The number of piperazine rings is 1. The summed E-state index contributed by atoms with van der Waals surface area (Å²) in [4.78, 5) is 37.1. The largest absolute Gasteiger partial charge is 0.462 e. The molecule has 0 bridgehead atoms. The van der Waals surface area contributed by atoms with Gasteiger partial charge < -0.3 is 20.3 Å². The summed E-state index contributed by atoms with van der Waals surface area (Å²) in [5.74, 6) is -0.460. The molecule has 1 aromatic carbocycles. The number of aromatic nitrogens is 2. The lowest BCUT2D eigenvalue weighted by atomic mass is 10.2. The Bertz CT molecular complexity index is 856. The van der Waals surface area contributed by atoms with Crippen molar-refractivity contribution in [2.75, 3.05) is 43.4 Å². The van der Waals surface area contributed by atoms with E-state index in [0.717, 1.165) is 13.1 Å². The summed E-state index contributed by atoms with van der Waals surface area (Å²) >= 11 is 1.23. The number of ether oxygens (including phenoxy) is 1. The number of nitrogens with zero attached hydrogens (tertiary/aromatic N) is 4. The molecule has 8 nitrogen and oxygen atoms in total. The number of hydrogen-bond donors (Lipinski definition) is 1. The average molecular weight is 416 g/mol. The van der Waals surface area contributed by atoms with Gasteiger partial charge in [-0.3, -0.25) is 4.79 Å². The minimum atomic E-state index is -0.554. The molecule has 1 fully saturated rings. The van der Waals surface area contributed by atoms with E-state index in [2.05, 4.69) is 27.0 Å². The third-order valence-electron chi connectivity index (χ3n) is 4.63. The second kappa shape index (κ2) is 9.60. The molecule has 1 amide bonds. The monoisotopic (exact) mass is 415 g/mol. The number of hydrogen-bond acceptors (Lipinski definition) is 8. The van der Waals surface area contributed by atoms with Crippen molar-refractivity contribution >= 4 is 35.1 Å². The average Bonchev–Trinajstić information content (AvgIpc) is 2.74. The van der Waals surface area contributed by atoms with E-state index in [9.17, 15) is 9.59 Å². The second-order valence-electron chi connectivity index (χ2n) is 6.58. The topological polar surface area (TPSA) is 102 Å². The van der Waals surface area contributed by atoms with Gasteiger partial charge in [0.1, 0.15) is 11.4 Å². The van der Waals surface area contributed by atoms with Crippen molar-refractivity contribution in [3.8, 4) is 0 Å². The van der Waals surface area contributed by atoms with Crippen LogP contribution in [-0.2, 0) is 9.53 Å². The first-order valence-corrected chi connectivity index (χ1v) is 10.4. The number of thioether (sulfide) groups is 1. The van der Waals surface area contributed by atoms with Gasteiger partial charge in [0.25, 0.3) is 0 Å². The standard InChI is InChI=1S/C20H25N5O3S/c1-3-28-19(27)16-13-22-20(23-17(16)21)29-14(2)18(26)25-11-9-24(10-12-25)15-7-5-4-6-8-15/h4-8,13-14H,3,9-12H2,1-2H3,(H2,21,22,23)/t14-/m1/s1. The molecule has 1 saturated heterocycles. The molecule has 1 atom stereocenters. The smallest absolute Gasteiger partial charge is 0.343 e. The van der Waals surface area contributed by atoms with Crippen molar-refractivity contribution in [1.82, 2.24) is 14.9 Å². The Kier molecular flexibility index (Phi) is 6.92. The fraction of sp³-hybridized carbons (Fsp3) is 0.400. The zero-order valence-electron chi connectivity index (χ0n) is 16.6. The van der Waals surface area contributed by atoms with Gasteiger partial charge in [0.15, 0.2) is 5.16 Å². The van der Waals surface area contributed by atoms with E-state index < -0.39 is 5.97 Å². The zero-order valence-corrected chi connectivity index (χ0v) is 17.4. The van der Waals surface area contributed by atoms with Gasteiger partial charge in [-0.2, -0.15) is 0 Å². The number of esters is 1. The maximum absolute atomic E-state index is 12.8. The quantitative estimate of drug-likeness (QED) is 0.435. The van der Waals surface area contributed by atoms with E-state index in [4.69, 9.17) is 10.5 Å². The molecule has 0 saturated carbocycles. The highest BCUT2D eigenvalue weighted by Gasteiger charge is 2.26. The van der Waals surface area contributed by atoms with Crippen LogP contribution >= 0.6 is 11.8 Å². The minimum Gasteiger partial charge on any atom is -0.462 e. The Labute approximate surface area is 174 Å². The fourth-order valence-electron chi connectivity index (χ4n) is 3.09. The number of nitrogens with two attached hydrogens (primary N) is 1. The fourth-order valence-corrected chi connectivity index (χ4v) is 3.92. The number of rotatable bonds is 6. The molecule has 0 radical (unpaired) electrons. The molecule has 1 aliphatic rings. The van der Waals surface area contributed by atoms with Crippen LogP contribution in [0.1, 0.15) is 24.2 Å². The van der Waals surface area contributed by atoms with Crippen LogP contribution in [0.4, 0.5) is 11.5 Å². The molecular weight excluding hydrogens is 390 g/mol. The molecule has 0 aliphatic carbocycles. The van der Waals surface area contributed by atoms with Crippen LogP contribution in [0.2, 0.25) is 0 Å². The lowest BCUT2D eigenvalue weighted by Gasteiger charge is -2.37. The summed E-state index contributed by atoms with van der Waals surface area (Å²) in [6.45, 7) is 6.72. The molecule has 154 valence electrons. The van der Waals surface area contributed by atoms with Crippen molar-refractivity contribution in [3.63, 3.8) is 0 Å². The van der Waals surface area contributed by atoms with Crippen LogP contribution in [-0.4, -0.2) is 64.8 Å². The van der Waals surface area contributed by atoms with Crippen molar-refractivity contribution in [2.24, 2.45) is 0 Å². The third kappa shape index (κ3) is 5.17. The maximum atomic E-state index is 12.8. The Morgan fingerprint density at radius 3 is 2.52 bits per heavy atom. The van der Waals surface area contributed by atoms with Crippen LogP contribution in [0.25, 0.3) is 0 Å². The molecular formula is C20H25N5O3S. The molecule has 2 heterocycles. The SMILES string of the molecule is CCOC(=O)c1cnc(S[C@H](C)C(=O)N2CCN(c3ccccc3)CC2)nc1N. The zero-order chi connectivity index (χ0) is 20.8.